The van der Waals surface area contributed by atoms with Crippen LogP contribution in [-0.4, -0.2) is 50.7 Å². The average molecular weight is 396 g/mol. The van der Waals surface area contributed by atoms with Gasteiger partial charge in [0.15, 0.2) is 4.34 Å². The lowest BCUT2D eigenvalue weighted by molar-refractivity contribution is -0.163. The highest BCUT2D eigenvalue weighted by molar-refractivity contribution is 8.04. The van der Waals surface area contributed by atoms with E-state index in [0.29, 0.717) is 4.91 Å². The summed E-state index contributed by atoms with van der Waals surface area (Å²) in [4.78, 5) is 30.8. The van der Waals surface area contributed by atoms with Crippen LogP contribution in [-0.2, 0) is 9.59 Å². The molecule has 0 aromatic carbocycles. The SMILES string of the molecule is C[C@@H](O)[C@H]1C(=O)N2C(C(=O)O)=C(Sc3nc([C@H]4CCCN4)cs3)[C@H](C)[C@H]12. The summed E-state index contributed by atoms with van der Waals surface area (Å²) in [5, 5.41) is 25.0. The molecule has 2 saturated heterocycles. The number of thiazole rings is 1. The molecule has 0 bridgehead atoms. The number of amides is 1. The van der Waals surface area contributed by atoms with Gasteiger partial charge >= 0.3 is 5.97 Å². The molecule has 2 fully saturated rings. The number of aromatic nitrogens is 1. The van der Waals surface area contributed by atoms with Crippen molar-refractivity contribution in [2.24, 2.45) is 11.8 Å². The quantitative estimate of drug-likeness (QED) is 0.654. The van der Waals surface area contributed by atoms with Crippen LogP contribution in [0.1, 0.15) is 38.4 Å². The molecule has 4 heterocycles. The molecule has 0 radical (unpaired) electrons. The third-order valence-electron chi connectivity index (χ3n) is 5.43. The first-order valence-corrected chi connectivity index (χ1v) is 10.4. The number of β-lactam (4-membered cyclic amide) rings is 1. The fourth-order valence-electron chi connectivity index (χ4n) is 4.16. The van der Waals surface area contributed by atoms with Gasteiger partial charge < -0.3 is 20.4 Å². The highest BCUT2D eigenvalue weighted by atomic mass is 32.2. The number of carbonyl (C=O) groups is 2. The molecule has 3 aliphatic rings. The number of fused-ring (bicyclic) bond motifs is 1. The molecule has 3 aliphatic heterocycles. The van der Waals surface area contributed by atoms with Crippen LogP contribution in [0.25, 0.3) is 0 Å². The van der Waals surface area contributed by atoms with Crippen LogP contribution in [0.4, 0.5) is 0 Å². The van der Waals surface area contributed by atoms with Gasteiger partial charge in [0.05, 0.1) is 29.8 Å². The fourth-order valence-corrected chi connectivity index (χ4v) is 6.31. The molecule has 0 aliphatic carbocycles. The molecule has 4 rings (SSSR count). The van der Waals surface area contributed by atoms with Crippen molar-refractivity contribution in [3.63, 3.8) is 0 Å². The number of nitrogens with zero attached hydrogens (tertiary/aromatic N) is 2. The Morgan fingerprint density at radius 3 is 2.92 bits per heavy atom. The van der Waals surface area contributed by atoms with Crippen LogP contribution in [0.2, 0.25) is 0 Å². The highest BCUT2D eigenvalue weighted by Gasteiger charge is 2.60. The van der Waals surface area contributed by atoms with Gasteiger partial charge in [-0.2, -0.15) is 0 Å². The Bertz CT molecular complexity index is 785. The molecule has 140 valence electrons. The summed E-state index contributed by atoms with van der Waals surface area (Å²) in [6.45, 7) is 4.50. The monoisotopic (exact) mass is 395 g/mol. The van der Waals surface area contributed by atoms with E-state index in [4.69, 9.17) is 0 Å². The van der Waals surface area contributed by atoms with E-state index in [1.54, 1.807) is 6.92 Å². The van der Waals surface area contributed by atoms with Gasteiger partial charge in [-0.15, -0.1) is 11.3 Å². The number of aliphatic hydroxyl groups excluding tert-OH is 1. The van der Waals surface area contributed by atoms with E-state index in [1.807, 2.05) is 12.3 Å². The minimum Gasteiger partial charge on any atom is -0.477 e. The number of carbonyl (C=O) groups excluding carboxylic acids is 1. The molecule has 26 heavy (non-hydrogen) atoms. The van der Waals surface area contributed by atoms with Crippen LogP contribution < -0.4 is 5.32 Å². The summed E-state index contributed by atoms with van der Waals surface area (Å²) < 4.78 is 0.790. The Hall–Kier alpha value is -1.42. The van der Waals surface area contributed by atoms with Gasteiger partial charge in [0, 0.05) is 16.2 Å². The zero-order valence-electron chi connectivity index (χ0n) is 14.5. The van der Waals surface area contributed by atoms with Crippen LogP contribution in [0.3, 0.4) is 0 Å². The minimum absolute atomic E-state index is 0.0464. The molecule has 7 nitrogen and oxygen atoms in total. The normalized spacial score (nSPS) is 32.0. The molecule has 0 unspecified atom stereocenters. The summed E-state index contributed by atoms with van der Waals surface area (Å²) in [5.41, 5.74) is 1.05. The van der Waals surface area contributed by atoms with Crippen molar-refractivity contribution in [3.05, 3.63) is 21.7 Å². The van der Waals surface area contributed by atoms with Gasteiger partial charge in [0.2, 0.25) is 5.91 Å². The van der Waals surface area contributed by atoms with Gasteiger partial charge in [0.25, 0.3) is 0 Å². The lowest BCUT2D eigenvalue weighted by Crippen LogP contribution is -2.63. The Kier molecular flexibility index (Phi) is 4.58. The number of carboxylic acid groups (broad SMARTS) is 1. The van der Waals surface area contributed by atoms with Gasteiger partial charge in [-0.25, -0.2) is 9.78 Å². The number of nitrogens with one attached hydrogen (secondary N) is 1. The van der Waals surface area contributed by atoms with Crippen molar-refractivity contribution in [1.82, 2.24) is 15.2 Å². The highest BCUT2D eigenvalue weighted by Crippen LogP contribution is 2.52. The predicted octanol–water partition coefficient (Wildman–Crippen LogP) is 1.81. The molecule has 0 spiro atoms. The molecule has 3 N–H and O–H groups in total. The van der Waals surface area contributed by atoms with E-state index in [9.17, 15) is 19.8 Å². The number of aliphatic hydroxyl groups is 1. The molecule has 1 aromatic heterocycles. The summed E-state index contributed by atoms with van der Waals surface area (Å²) >= 11 is 2.84. The maximum absolute atomic E-state index is 12.4. The average Bonchev–Trinajstić information content (AvgIpc) is 3.28. The van der Waals surface area contributed by atoms with E-state index >= 15 is 0 Å². The first-order valence-electron chi connectivity index (χ1n) is 8.75. The lowest BCUT2D eigenvalue weighted by atomic mass is 9.79. The van der Waals surface area contributed by atoms with Crippen molar-refractivity contribution >= 4 is 35.0 Å². The standard InChI is InChI=1S/C17H21N3O4S2/c1-7-12-11(8(2)21)15(22)20(12)13(16(23)24)14(7)26-17-19-10(6-25-17)9-4-3-5-18-9/h6-9,11-12,18,21H,3-5H2,1-2H3,(H,23,24)/t7-,8-,9-,11-,12-/m1/s1. The number of hydrogen-bond donors (Lipinski definition) is 3. The fraction of sp³-hybridized carbons (Fsp3) is 0.588. The maximum Gasteiger partial charge on any atom is 0.353 e. The predicted molar refractivity (Wildman–Crippen MR) is 97.6 cm³/mol. The minimum atomic E-state index is -1.10. The topological polar surface area (TPSA) is 103 Å². The number of hydrogen-bond acceptors (Lipinski definition) is 7. The smallest absolute Gasteiger partial charge is 0.353 e. The molecule has 1 amide bonds. The van der Waals surface area contributed by atoms with Crippen molar-refractivity contribution in [1.29, 1.82) is 0 Å². The summed E-state index contributed by atoms with van der Waals surface area (Å²) in [7, 11) is 0. The summed E-state index contributed by atoms with van der Waals surface area (Å²) in [5.74, 6) is -2.08. The first kappa shape index (κ1) is 18.0. The third-order valence-corrected chi connectivity index (χ3v) is 7.67. The third kappa shape index (κ3) is 2.69. The number of rotatable bonds is 5. The Morgan fingerprint density at radius 2 is 2.31 bits per heavy atom. The zero-order valence-corrected chi connectivity index (χ0v) is 16.1. The summed E-state index contributed by atoms with van der Waals surface area (Å²) in [6.07, 6.45) is 1.41. The second kappa shape index (κ2) is 6.63. The largest absolute Gasteiger partial charge is 0.477 e. The Morgan fingerprint density at radius 1 is 1.54 bits per heavy atom. The number of carboxylic acids is 1. The number of thioether (sulfide) groups is 1. The van der Waals surface area contributed by atoms with Crippen LogP contribution >= 0.6 is 23.1 Å². The van der Waals surface area contributed by atoms with E-state index in [2.05, 4.69) is 10.3 Å². The van der Waals surface area contributed by atoms with Gasteiger partial charge in [-0.3, -0.25) is 4.79 Å². The molecule has 9 heteroatoms. The van der Waals surface area contributed by atoms with Crippen molar-refractivity contribution in [3.8, 4) is 0 Å². The van der Waals surface area contributed by atoms with Crippen molar-refractivity contribution < 1.29 is 19.8 Å². The molecule has 0 saturated carbocycles. The Labute approximate surface area is 159 Å². The molecular formula is C17H21N3O4S2. The van der Waals surface area contributed by atoms with Crippen LogP contribution in [0.5, 0.6) is 0 Å². The zero-order chi connectivity index (χ0) is 18.6. The summed E-state index contributed by atoms with van der Waals surface area (Å²) in [6, 6.07) is -0.0114. The van der Waals surface area contributed by atoms with E-state index in [-0.39, 0.29) is 29.6 Å². The van der Waals surface area contributed by atoms with Crippen molar-refractivity contribution in [2.45, 2.75) is 49.2 Å². The second-order valence-electron chi connectivity index (χ2n) is 7.06. The van der Waals surface area contributed by atoms with Gasteiger partial charge in [-0.05, 0) is 26.3 Å². The van der Waals surface area contributed by atoms with Gasteiger partial charge in [0.1, 0.15) is 5.70 Å². The first-order chi connectivity index (χ1) is 12.4. The second-order valence-corrected chi connectivity index (χ2v) is 9.21. The van der Waals surface area contributed by atoms with E-state index in [0.717, 1.165) is 29.4 Å². The van der Waals surface area contributed by atoms with Crippen LogP contribution in [0, 0.1) is 11.8 Å². The molecular weight excluding hydrogens is 374 g/mol. The molecule has 5 atom stereocenters. The maximum atomic E-state index is 12.4. The van der Waals surface area contributed by atoms with E-state index < -0.39 is 18.0 Å². The van der Waals surface area contributed by atoms with Crippen molar-refractivity contribution in [2.75, 3.05) is 6.54 Å². The molecule has 1 aromatic rings. The Balaban J connectivity index is 1.61. The van der Waals surface area contributed by atoms with Gasteiger partial charge in [-0.1, -0.05) is 18.7 Å². The lowest BCUT2D eigenvalue weighted by Gasteiger charge is -2.46. The van der Waals surface area contributed by atoms with E-state index in [1.165, 1.54) is 28.0 Å². The number of aliphatic carboxylic acids is 1. The van der Waals surface area contributed by atoms with Crippen LogP contribution in [0.15, 0.2) is 20.3 Å².